The molecule has 1 aromatic carbocycles. The van der Waals surface area contributed by atoms with Crippen molar-refractivity contribution in [3.05, 3.63) is 30.5 Å². The Bertz CT molecular complexity index is 606. The fraction of sp³-hybridized carbons (Fsp3) is 0.400. The van der Waals surface area contributed by atoms with Gasteiger partial charge in [-0.3, -0.25) is 4.57 Å². The molecule has 1 aromatic heterocycles. The summed E-state index contributed by atoms with van der Waals surface area (Å²) in [6.07, 6.45) is 1.40. The summed E-state index contributed by atoms with van der Waals surface area (Å²) >= 11 is 0. The van der Waals surface area contributed by atoms with E-state index in [4.69, 9.17) is 4.74 Å². The summed E-state index contributed by atoms with van der Waals surface area (Å²) in [5, 5.41) is 1.03. The highest BCUT2D eigenvalue weighted by molar-refractivity contribution is 5.91. The van der Waals surface area contributed by atoms with Crippen LogP contribution in [0.5, 0.6) is 0 Å². The smallest absolute Gasteiger partial charge is 0.418 e. The lowest BCUT2D eigenvalue weighted by Crippen LogP contribution is -2.26. The van der Waals surface area contributed by atoms with Crippen molar-refractivity contribution in [2.24, 2.45) is 0 Å². The second-order valence-electron chi connectivity index (χ2n) is 5.80. The zero-order valence-corrected chi connectivity index (χ0v) is 12.1. The number of hydrogen-bond donors (Lipinski definition) is 0. The number of benzene rings is 1. The molecule has 0 radical (unpaired) electrons. The first-order valence-corrected chi connectivity index (χ1v) is 6.30. The molecule has 4 nitrogen and oxygen atoms in total. The predicted octanol–water partition coefficient (Wildman–Crippen LogP) is 3.49. The largest absolute Gasteiger partial charge is 0.443 e. The maximum absolute atomic E-state index is 12.1. The van der Waals surface area contributed by atoms with Crippen LogP contribution in [0.25, 0.3) is 10.9 Å². The molecule has 0 N–H and O–H groups in total. The van der Waals surface area contributed by atoms with E-state index in [1.807, 2.05) is 58.0 Å². The Hall–Kier alpha value is -1.97. The summed E-state index contributed by atoms with van der Waals surface area (Å²) in [5.41, 5.74) is 1.48. The number of anilines is 1. The third-order valence-electron chi connectivity index (χ3n) is 2.78. The molecule has 0 unspecified atom stereocenters. The van der Waals surface area contributed by atoms with Gasteiger partial charge in [0, 0.05) is 31.4 Å². The predicted molar refractivity (Wildman–Crippen MR) is 77.9 cm³/mol. The highest BCUT2D eigenvalue weighted by Gasteiger charge is 2.18. The lowest BCUT2D eigenvalue weighted by molar-refractivity contribution is 0.0544. The van der Waals surface area contributed by atoms with Gasteiger partial charge in [0.25, 0.3) is 0 Å². The lowest BCUT2D eigenvalue weighted by Gasteiger charge is -2.20. The van der Waals surface area contributed by atoms with Gasteiger partial charge in [0.2, 0.25) is 0 Å². The number of carbonyl (C=O) groups excluding carboxylic acids is 1. The molecule has 0 atom stereocenters. The molecule has 4 heteroatoms. The summed E-state index contributed by atoms with van der Waals surface area (Å²) in [6, 6.07) is 7.90. The number of aromatic nitrogens is 1. The van der Waals surface area contributed by atoms with Gasteiger partial charge in [-0.05, 0) is 45.0 Å². The van der Waals surface area contributed by atoms with Crippen LogP contribution >= 0.6 is 0 Å². The second kappa shape index (κ2) is 4.61. The monoisotopic (exact) mass is 260 g/mol. The van der Waals surface area contributed by atoms with E-state index in [9.17, 15) is 4.79 Å². The van der Waals surface area contributed by atoms with Gasteiger partial charge in [-0.1, -0.05) is 0 Å². The Labute approximate surface area is 113 Å². The number of rotatable bonds is 1. The first kappa shape index (κ1) is 13.5. The Morgan fingerprint density at radius 1 is 1.21 bits per heavy atom. The summed E-state index contributed by atoms with van der Waals surface area (Å²) < 4.78 is 6.92. The molecular formula is C15H20N2O2. The van der Waals surface area contributed by atoms with Crippen LogP contribution in [0.15, 0.2) is 30.5 Å². The topological polar surface area (TPSA) is 34.5 Å². The molecule has 0 saturated carbocycles. The van der Waals surface area contributed by atoms with Crippen LogP contribution in [-0.4, -0.2) is 30.4 Å². The molecule has 0 aliphatic carbocycles. The average Bonchev–Trinajstić information content (AvgIpc) is 2.68. The van der Waals surface area contributed by atoms with Crippen LogP contribution in [0.3, 0.4) is 0 Å². The summed E-state index contributed by atoms with van der Waals surface area (Å²) in [4.78, 5) is 14.1. The molecule has 2 rings (SSSR count). The number of carbonyl (C=O) groups is 1. The summed E-state index contributed by atoms with van der Waals surface area (Å²) in [5.74, 6) is 0. The van der Waals surface area contributed by atoms with Gasteiger partial charge in [-0.2, -0.15) is 0 Å². The zero-order chi connectivity index (χ0) is 14.2. The van der Waals surface area contributed by atoms with Gasteiger partial charge in [0.1, 0.15) is 5.60 Å². The maximum atomic E-state index is 12.1. The molecular weight excluding hydrogens is 240 g/mol. The number of hydrogen-bond acceptors (Lipinski definition) is 3. The van der Waals surface area contributed by atoms with E-state index in [0.29, 0.717) is 0 Å². The quantitative estimate of drug-likeness (QED) is 0.787. The Morgan fingerprint density at radius 2 is 1.89 bits per heavy atom. The minimum Gasteiger partial charge on any atom is -0.443 e. The Kier molecular flexibility index (Phi) is 3.27. The van der Waals surface area contributed by atoms with E-state index in [1.165, 1.54) is 0 Å². The van der Waals surface area contributed by atoms with E-state index in [-0.39, 0.29) is 6.09 Å². The van der Waals surface area contributed by atoms with Crippen LogP contribution in [-0.2, 0) is 4.74 Å². The molecule has 19 heavy (non-hydrogen) atoms. The van der Waals surface area contributed by atoms with Crippen molar-refractivity contribution in [2.75, 3.05) is 19.0 Å². The van der Waals surface area contributed by atoms with Crippen molar-refractivity contribution in [3.8, 4) is 0 Å². The van der Waals surface area contributed by atoms with Crippen molar-refractivity contribution < 1.29 is 9.53 Å². The maximum Gasteiger partial charge on any atom is 0.418 e. The van der Waals surface area contributed by atoms with Gasteiger partial charge >= 0.3 is 6.09 Å². The molecule has 0 amide bonds. The summed E-state index contributed by atoms with van der Waals surface area (Å²) in [6.45, 7) is 5.59. The molecule has 0 bridgehead atoms. The van der Waals surface area contributed by atoms with E-state index in [1.54, 1.807) is 10.8 Å². The van der Waals surface area contributed by atoms with Crippen molar-refractivity contribution in [2.45, 2.75) is 26.4 Å². The third-order valence-corrected chi connectivity index (χ3v) is 2.78. The van der Waals surface area contributed by atoms with Gasteiger partial charge in [-0.25, -0.2) is 4.79 Å². The Morgan fingerprint density at radius 3 is 2.47 bits per heavy atom. The molecule has 0 saturated heterocycles. The first-order valence-electron chi connectivity index (χ1n) is 6.30. The lowest BCUT2D eigenvalue weighted by atomic mass is 10.2. The minimum absolute atomic E-state index is 0.347. The van der Waals surface area contributed by atoms with Gasteiger partial charge < -0.3 is 9.64 Å². The van der Waals surface area contributed by atoms with Gasteiger partial charge in [0.05, 0.1) is 5.52 Å². The molecule has 0 aliphatic rings. The van der Waals surface area contributed by atoms with E-state index >= 15 is 0 Å². The molecule has 0 fully saturated rings. The minimum atomic E-state index is -0.489. The van der Waals surface area contributed by atoms with Crippen LogP contribution in [0.2, 0.25) is 0 Å². The third kappa shape index (κ3) is 2.89. The van der Waals surface area contributed by atoms with Gasteiger partial charge in [0.15, 0.2) is 0 Å². The standard InChI is InChI=1S/C15H20N2O2/c1-15(2,3)19-14(18)17-9-8-11-10-12(16(4)5)6-7-13(11)17/h6-10H,1-5H3. The van der Waals surface area contributed by atoms with Crippen LogP contribution in [0.4, 0.5) is 10.5 Å². The normalized spacial score (nSPS) is 11.6. The highest BCUT2D eigenvalue weighted by atomic mass is 16.6. The highest BCUT2D eigenvalue weighted by Crippen LogP contribution is 2.23. The molecule has 0 aliphatic heterocycles. The SMILES string of the molecule is CN(C)c1ccc2c(ccn2C(=O)OC(C)(C)C)c1. The second-order valence-corrected chi connectivity index (χ2v) is 5.80. The van der Waals surface area contributed by atoms with Crippen molar-refractivity contribution in [3.63, 3.8) is 0 Å². The fourth-order valence-electron chi connectivity index (χ4n) is 1.88. The van der Waals surface area contributed by atoms with Crippen molar-refractivity contribution in [1.29, 1.82) is 0 Å². The number of ether oxygens (including phenoxy) is 1. The average molecular weight is 260 g/mol. The zero-order valence-electron chi connectivity index (χ0n) is 12.1. The first-order chi connectivity index (χ1) is 8.78. The molecule has 1 heterocycles. The Balaban J connectivity index is 2.38. The van der Waals surface area contributed by atoms with Crippen LogP contribution in [0, 0.1) is 0 Å². The van der Waals surface area contributed by atoms with E-state index in [2.05, 4.69) is 6.07 Å². The van der Waals surface area contributed by atoms with Crippen molar-refractivity contribution in [1.82, 2.24) is 4.57 Å². The number of fused-ring (bicyclic) bond motifs is 1. The van der Waals surface area contributed by atoms with E-state index in [0.717, 1.165) is 16.6 Å². The van der Waals surface area contributed by atoms with E-state index < -0.39 is 5.60 Å². The van der Waals surface area contributed by atoms with Crippen molar-refractivity contribution >= 4 is 22.7 Å². The summed E-state index contributed by atoms with van der Waals surface area (Å²) in [7, 11) is 3.98. The van der Waals surface area contributed by atoms with Crippen LogP contribution in [0.1, 0.15) is 20.8 Å². The molecule has 102 valence electrons. The fourth-order valence-corrected chi connectivity index (χ4v) is 1.88. The van der Waals surface area contributed by atoms with Crippen LogP contribution < -0.4 is 4.90 Å². The molecule has 0 spiro atoms. The molecule has 2 aromatic rings. The van der Waals surface area contributed by atoms with Gasteiger partial charge in [-0.15, -0.1) is 0 Å². The number of nitrogens with zero attached hydrogens (tertiary/aromatic N) is 2.